The smallest absolute Gasteiger partial charge is 0.303 e. The summed E-state index contributed by atoms with van der Waals surface area (Å²) in [7, 11) is 1.71. The molecule has 31 heavy (non-hydrogen) atoms. The number of carbonyl (C=O) groups is 2. The van der Waals surface area contributed by atoms with Gasteiger partial charge in [-0.05, 0) is 68.2 Å². The summed E-state index contributed by atoms with van der Waals surface area (Å²) < 4.78 is 18.2. The van der Waals surface area contributed by atoms with Gasteiger partial charge >= 0.3 is 5.97 Å². The molecule has 0 radical (unpaired) electrons. The van der Waals surface area contributed by atoms with Gasteiger partial charge in [-0.25, -0.2) is 0 Å². The van der Waals surface area contributed by atoms with Gasteiger partial charge in [0, 0.05) is 25.0 Å². The fourth-order valence-electron chi connectivity index (χ4n) is 3.36. The van der Waals surface area contributed by atoms with Gasteiger partial charge in [0.2, 0.25) is 5.91 Å². The number of aliphatic carboxylic acids is 1. The Morgan fingerprint density at radius 3 is 1.97 bits per heavy atom. The highest BCUT2D eigenvalue weighted by atomic mass is 16.5. The van der Waals surface area contributed by atoms with Gasteiger partial charge in [0.15, 0.2) is 0 Å². The Morgan fingerprint density at radius 1 is 0.935 bits per heavy atom. The molecule has 1 amide bonds. The SMILES string of the molecule is COC(C)(C)CCOC(C)(C)C(C)(C)C(C)OC(C)(C)CC(C)NC(=O)CCC(=O)O. The predicted octanol–water partition coefficient (Wildman–Crippen LogP) is 4.57. The third-order valence-corrected chi connectivity index (χ3v) is 6.55. The van der Waals surface area contributed by atoms with Crippen LogP contribution in [0, 0.1) is 5.41 Å². The maximum Gasteiger partial charge on any atom is 0.303 e. The average Bonchev–Trinajstić information content (AvgIpc) is 2.58. The van der Waals surface area contributed by atoms with Crippen LogP contribution in [0.1, 0.15) is 94.9 Å². The predicted molar refractivity (Wildman–Crippen MR) is 123 cm³/mol. The van der Waals surface area contributed by atoms with E-state index in [2.05, 4.69) is 39.9 Å². The van der Waals surface area contributed by atoms with Crippen LogP contribution in [0.5, 0.6) is 0 Å². The quantitative estimate of drug-likeness (QED) is 0.384. The van der Waals surface area contributed by atoms with E-state index in [1.807, 2.05) is 34.6 Å². The number of methoxy groups -OCH3 is 1. The molecule has 0 spiro atoms. The fourth-order valence-corrected chi connectivity index (χ4v) is 3.36. The van der Waals surface area contributed by atoms with Gasteiger partial charge < -0.3 is 24.6 Å². The van der Waals surface area contributed by atoms with Crippen LogP contribution < -0.4 is 5.32 Å². The maximum absolute atomic E-state index is 11.9. The Bertz CT molecular complexity index is 583. The third-order valence-electron chi connectivity index (χ3n) is 6.55. The molecule has 0 aliphatic carbocycles. The summed E-state index contributed by atoms with van der Waals surface area (Å²) in [5, 5.41) is 11.6. The number of carbonyl (C=O) groups excluding carboxylic acids is 1. The summed E-state index contributed by atoms with van der Waals surface area (Å²) in [5.41, 5.74) is -1.42. The number of ether oxygens (including phenoxy) is 3. The van der Waals surface area contributed by atoms with Crippen molar-refractivity contribution in [1.82, 2.24) is 5.32 Å². The summed E-state index contributed by atoms with van der Waals surface area (Å²) >= 11 is 0. The summed E-state index contributed by atoms with van der Waals surface area (Å²) in [4.78, 5) is 22.5. The number of hydrogen-bond donors (Lipinski definition) is 2. The van der Waals surface area contributed by atoms with E-state index in [-0.39, 0.29) is 41.9 Å². The van der Waals surface area contributed by atoms with Crippen molar-refractivity contribution in [3.8, 4) is 0 Å². The van der Waals surface area contributed by atoms with Crippen molar-refractivity contribution < 1.29 is 28.9 Å². The summed E-state index contributed by atoms with van der Waals surface area (Å²) in [6.07, 6.45) is 1.11. The van der Waals surface area contributed by atoms with Crippen molar-refractivity contribution in [2.24, 2.45) is 5.41 Å². The third kappa shape index (κ3) is 10.8. The van der Waals surface area contributed by atoms with E-state index in [0.29, 0.717) is 13.0 Å². The van der Waals surface area contributed by atoms with Gasteiger partial charge in [0.25, 0.3) is 0 Å². The molecule has 0 fully saturated rings. The second kappa shape index (κ2) is 11.6. The molecule has 0 saturated carbocycles. The Labute approximate surface area is 189 Å². The van der Waals surface area contributed by atoms with Crippen molar-refractivity contribution in [3.63, 3.8) is 0 Å². The number of carboxylic acids is 1. The molecule has 2 N–H and O–H groups in total. The van der Waals surface area contributed by atoms with E-state index in [1.54, 1.807) is 7.11 Å². The van der Waals surface area contributed by atoms with E-state index >= 15 is 0 Å². The fraction of sp³-hybridized carbons (Fsp3) is 0.917. The van der Waals surface area contributed by atoms with Crippen LogP contribution >= 0.6 is 0 Å². The van der Waals surface area contributed by atoms with Crippen LogP contribution in [0.3, 0.4) is 0 Å². The van der Waals surface area contributed by atoms with Crippen LogP contribution in [0.4, 0.5) is 0 Å². The zero-order chi connectivity index (χ0) is 24.7. The Kier molecular flexibility index (Phi) is 11.2. The molecule has 2 atom stereocenters. The number of rotatable bonds is 15. The van der Waals surface area contributed by atoms with Gasteiger partial charge in [-0.1, -0.05) is 13.8 Å². The zero-order valence-corrected chi connectivity index (χ0v) is 21.7. The van der Waals surface area contributed by atoms with Crippen molar-refractivity contribution >= 4 is 11.9 Å². The molecule has 0 heterocycles. The Morgan fingerprint density at radius 2 is 1.48 bits per heavy atom. The lowest BCUT2D eigenvalue weighted by atomic mass is 9.72. The minimum Gasteiger partial charge on any atom is -0.481 e. The van der Waals surface area contributed by atoms with Crippen molar-refractivity contribution in [2.45, 2.75) is 124 Å². The first-order valence-electron chi connectivity index (χ1n) is 11.2. The molecule has 0 aliphatic heterocycles. The Balaban J connectivity index is 4.88. The Hall–Kier alpha value is -1.18. The first-order chi connectivity index (χ1) is 13.8. The highest BCUT2D eigenvalue weighted by molar-refractivity contribution is 5.80. The van der Waals surface area contributed by atoms with Gasteiger partial charge in [-0.15, -0.1) is 0 Å². The lowest BCUT2D eigenvalue weighted by molar-refractivity contribution is -0.190. The largest absolute Gasteiger partial charge is 0.481 e. The number of amides is 1. The molecule has 7 heteroatoms. The molecule has 0 aromatic carbocycles. The van der Waals surface area contributed by atoms with Gasteiger partial charge in [-0.3, -0.25) is 9.59 Å². The molecule has 2 unspecified atom stereocenters. The first-order valence-corrected chi connectivity index (χ1v) is 11.2. The van der Waals surface area contributed by atoms with E-state index in [0.717, 1.165) is 6.42 Å². The number of hydrogen-bond acceptors (Lipinski definition) is 5. The van der Waals surface area contributed by atoms with Crippen molar-refractivity contribution in [1.29, 1.82) is 0 Å². The molecule has 184 valence electrons. The highest BCUT2D eigenvalue weighted by Gasteiger charge is 2.45. The molecule has 0 aromatic heterocycles. The number of nitrogens with one attached hydrogen (secondary N) is 1. The van der Waals surface area contributed by atoms with Crippen LogP contribution in [0.25, 0.3) is 0 Å². The molecular weight excluding hydrogens is 398 g/mol. The molecule has 0 aliphatic rings. The minimum absolute atomic E-state index is 0.0181. The van der Waals surface area contributed by atoms with E-state index < -0.39 is 17.2 Å². The van der Waals surface area contributed by atoms with Gasteiger partial charge in [0.05, 0.1) is 35.9 Å². The molecule has 0 saturated heterocycles. The molecule has 0 aromatic rings. The van der Waals surface area contributed by atoms with E-state index in [4.69, 9.17) is 19.3 Å². The van der Waals surface area contributed by atoms with Gasteiger partial charge in [-0.2, -0.15) is 0 Å². The second-order valence-electron chi connectivity index (χ2n) is 10.9. The molecule has 0 rings (SSSR count). The van der Waals surface area contributed by atoms with Gasteiger partial charge in [0.1, 0.15) is 0 Å². The molecular formula is C24H47NO6. The zero-order valence-electron chi connectivity index (χ0n) is 21.7. The first kappa shape index (κ1) is 29.8. The van der Waals surface area contributed by atoms with E-state index in [9.17, 15) is 9.59 Å². The summed E-state index contributed by atoms with van der Waals surface area (Å²) in [5.74, 6) is -1.23. The molecule has 0 bridgehead atoms. The highest BCUT2D eigenvalue weighted by Crippen LogP contribution is 2.40. The van der Waals surface area contributed by atoms with Crippen LogP contribution in [-0.2, 0) is 23.8 Å². The van der Waals surface area contributed by atoms with Crippen LogP contribution in [-0.4, -0.2) is 59.6 Å². The molecule has 7 nitrogen and oxygen atoms in total. The summed E-state index contributed by atoms with van der Waals surface area (Å²) in [6, 6.07) is -0.132. The topological polar surface area (TPSA) is 94.1 Å². The van der Waals surface area contributed by atoms with E-state index in [1.165, 1.54) is 0 Å². The summed E-state index contributed by atoms with van der Waals surface area (Å²) in [6.45, 7) is 21.1. The van der Waals surface area contributed by atoms with Crippen LogP contribution in [0.2, 0.25) is 0 Å². The lowest BCUT2D eigenvalue weighted by Crippen LogP contribution is -2.52. The standard InChI is InChI=1S/C24H47NO6/c1-17(25-19(26)12-13-20(27)28)16-22(5,6)31-18(2)23(7,8)24(9,10)30-15-14-21(3,4)29-11/h17-18H,12-16H2,1-11H3,(H,25,26)(H,27,28). The normalized spacial score (nSPS) is 15.5. The van der Waals surface area contributed by atoms with Crippen LogP contribution in [0.15, 0.2) is 0 Å². The number of carboxylic acid groups (broad SMARTS) is 1. The van der Waals surface area contributed by atoms with Crippen molar-refractivity contribution in [3.05, 3.63) is 0 Å². The van der Waals surface area contributed by atoms with Crippen molar-refractivity contribution in [2.75, 3.05) is 13.7 Å². The monoisotopic (exact) mass is 445 g/mol. The average molecular weight is 446 g/mol. The minimum atomic E-state index is -0.974. The maximum atomic E-state index is 11.9. The lowest BCUT2D eigenvalue weighted by Gasteiger charge is -2.47. The second-order valence-corrected chi connectivity index (χ2v) is 10.9.